The molecule has 106 valence electrons. The second kappa shape index (κ2) is 7.11. The predicted molar refractivity (Wildman–Crippen MR) is 84.5 cm³/mol. The van der Waals surface area contributed by atoms with Crippen molar-refractivity contribution in [2.45, 2.75) is 11.9 Å². The van der Waals surface area contributed by atoms with Gasteiger partial charge in [-0.2, -0.15) is 5.26 Å². The molecule has 0 saturated carbocycles. The summed E-state index contributed by atoms with van der Waals surface area (Å²) in [5, 5.41) is 12.9. The van der Waals surface area contributed by atoms with Gasteiger partial charge in [-0.1, -0.05) is 29.4 Å². The molecule has 1 aromatic heterocycles. The minimum absolute atomic E-state index is 0.172. The molecule has 21 heavy (non-hydrogen) atoms. The van der Waals surface area contributed by atoms with Gasteiger partial charge >= 0.3 is 0 Å². The number of carbonyl (C=O) groups is 1. The second-order valence-electron chi connectivity index (χ2n) is 4.27. The third-order valence-corrected chi connectivity index (χ3v) is 4.10. The predicted octanol–water partition coefficient (Wildman–Crippen LogP) is 3.65. The van der Waals surface area contributed by atoms with Crippen molar-refractivity contribution in [1.29, 1.82) is 5.26 Å². The van der Waals surface area contributed by atoms with Crippen LogP contribution in [0, 0.1) is 18.3 Å². The number of benzene rings is 1. The van der Waals surface area contributed by atoms with E-state index >= 15 is 0 Å². The molecule has 1 aromatic carbocycles. The van der Waals surface area contributed by atoms with Crippen LogP contribution in [0.5, 0.6) is 0 Å². The van der Waals surface area contributed by atoms with Crippen molar-refractivity contribution in [2.24, 2.45) is 0 Å². The number of hydrogen-bond donors (Lipinski definition) is 1. The first kappa shape index (κ1) is 15.4. The fourth-order valence-electron chi connectivity index (χ4n) is 1.59. The largest absolute Gasteiger partial charge is 0.325 e. The van der Waals surface area contributed by atoms with E-state index in [2.05, 4.69) is 16.4 Å². The Morgan fingerprint density at radius 2 is 2.29 bits per heavy atom. The van der Waals surface area contributed by atoms with Gasteiger partial charge in [0.05, 0.1) is 11.3 Å². The standard InChI is InChI=1S/C15H12ClN3OS/c1-10-4-5-12(7-13(10)16)19-14(20)9-21-15-11(8-17)3-2-6-18-15/h2-7H,9H2,1H3,(H,19,20). The van der Waals surface area contributed by atoms with E-state index in [1.165, 1.54) is 11.8 Å². The summed E-state index contributed by atoms with van der Waals surface area (Å²) in [5.41, 5.74) is 2.07. The smallest absolute Gasteiger partial charge is 0.234 e. The van der Waals surface area contributed by atoms with Crippen LogP contribution in [0.1, 0.15) is 11.1 Å². The zero-order valence-electron chi connectivity index (χ0n) is 11.3. The molecule has 4 nitrogen and oxygen atoms in total. The Morgan fingerprint density at radius 1 is 1.48 bits per heavy atom. The Kier molecular flexibility index (Phi) is 5.20. The van der Waals surface area contributed by atoms with Crippen LogP contribution in [0.15, 0.2) is 41.6 Å². The Bertz CT molecular complexity index is 712. The average Bonchev–Trinajstić information content (AvgIpc) is 2.49. The lowest BCUT2D eigenvalue weighted by Crippen LogP contribution is -2.14. The molecule has 1 N–H and O–H groups in total. The van der Waals surface area contributed by atoms with Gasteiger partial charge in [-0.25, -0.2) is 4.98 Å². The number of thioether (sulfide) groups is 1. The molecule has 0 atom stereocenters. The Balaban J connectivity index is 1.96. The van der Waals surface area contributed by atoms with Crippen molar-refractivity contribution >= 4 is 35.0 Å². The normalized spacial score (nSPS) is 9.95. The van der Waals surface area contributed by atoms with Crippen LogP contribution in [-0.2, 0) is 4.79 Å². The molecule has 1 amide bonds. The lowest BCUT2D eigenvalue weighted by Gasteiger charge is -2.07. The number of nitrogens with zero attached hydrogens (tertiary/aromatic N) is 2. The summed E-state index contributed by atoms with van der Waals surface area (Å²) in [6.07, 6.45) is 1.60. The zero-order valence-corrected chi connectivity index (χ0v) is 12.8. The quantitative estimate of drug-likeness (QED) is 0.874. The highest BCUT2D eigenvalue weighted by Crippen LogP contribution is 2.22. The van der Waals surface area contributed by atoms with Crippen molar-refractivity contribution in [3.8, 4) is 6.07 Å². The van der Waals surface area contributed by atoms with Crippen molar-refractivity contribution in [2.75, 3.05) is 11.1 Å². The number of amides is 1. The molecule has 0 aliphatic carbocycles. The van der Waals surface area contributed by atoms with Gasteiger partial charge in [0.2, 0.25) is 5.91 Å². The van der Waals surface area contributed by atoms with Crippen LogP contribution < -0.4 is 5.32 Å². The molecule has 1 heterocycles. The molecule has 0 aliphatic rings. The van der Waals surface area contributed by atoms with E-state index in [1.54, 1.807) is 30.5 Å². The molecule has 6 heteroatoms. The molecule has 2 rings (SSSR count). The Hall–Kier alpha value is -2.03. The highest BCUT2D eigenvalue weighted by Gasteiger charge is 2.08. The van der Waals surface area contributed by atoms with Crippen LogP contribution >= 0.6 is 23.4 Å². The SMILES string of the molecule is Cc1ccc(NC(=O)CSc2ncccc2C#N)cc1Cl. The summed E-state index contributed by atoms with van der Waals surface area (Å²) in [5.74, 6) is 0.00597. The third-order valence-electron chi connectivity index (χ3n) is 2.69. The monoisotopic (exact) mass is 317 g/mol. The summed E-state index contributed by atoms with van der Waals surface area (Å²) in [6, 6.07) is 10.8. The van der Waals surface area contributed by atoms with Gasteiger partial charge < -0.3 is 5.32 Å². The van der Waals surface area contributed by atoms with E-state index in [0.717, 1.165) is 5.56 Å². The van der Waals surface area contributed by atoms with Crippen molar-refractivity contribution < 1.29 is 4.79 Å². The molecule has 0 fully saturated rings. The minimum atomic E-state index is -0.172. The van der Waals surface area contributed by atoms with Gasteiger partial charge in [0, 0.05) is 16.9 Å². The number of halogens is 1. The van der Waals surface area contributed by atoms with Gasteiger partial charge in [-0.3, -0.25) is 4.79 Å². The van der Waals surface area contributed by atoms with Crippen LogP contribution in [-0.4, -0.2) is 16.6 Å². The first-order chi connectivity index (χ1) is 10.1. The molecule has 0 bridgehead atoms. The van der Waals surface area contributed by atoms with E-state index < -0.39 is 0 Å². The fraction of sp³-hybridized carbons (Fsp3) is 0.133. The number of pyridine rings is 1. The summed E-state index contributed by atoms with van der Waals surface area (Å²) < 4.78 is 0. The minimum Gasteiger partial charge on any atom is -0.325 e. The molecule has 0 unspecified atom stereocenters. The Morgan fingerprint density at radius 3 is 3.00 bits per heavy atom. The molecule has 0 spiro atoms. The number of nitriles is 1. The number of rotatable bonds is 4. The molecule has 0 saturated heterocycles. The highest BCUT2D eigenvalue weighted by atomic mass is 35.5. The van der Waals surface area contributed by atoms with Gasteiger partial charge in [0.25, 0.3) is 0 Å². The molecule has 0 radical (unpaired) electrons. The maximum Gasteiger partial charge on any atom is 0.234 e. The lowest BCUT2D eigenvalue weighted by atomic mass is 10.2. The first-order valence-electron chi connectivity index (χ1n) is 6.14. The summed E-state index contributed by atoms with van der Waals surface area (Å²) in [4.78, 5) is 16.0. The van der Waals surface area contributed by atoms with Gasteiger partial charge in [0.15, 0.2) is 0 Å². The van der Waals surface area contributed by atoms with E-state index in [4.69, 9.17) is 16.9 Å². The highest BCUT2D eigenvalue weighted by molar-refractivity contribution is 8.00. The Labute approximate surface area is 132 Å². The van der Waals surface area contributed by atoms with E-state index in [0.29, 0.717) is 21.3 Å². The second-order valence-corrected chi connectivity index (χ2v) is 5.64. The number of anilines is 1. The van der Waals surface area contributed by atoms with Gasteiger partial charge in [-0.15, -0.1) is 0 Å². The summed E-state index contributed by atoms with van der Waals surface area (Å²) >= 11 is 7.23. The maximum atomic E-state index is 11.9. The number of hydrogen-bond acceptors (Lipinski definition) is 4. The maximum absolute atomic E-state index is 11.9. The van der Waals surface area contributed by atoms with Crippen LogP contribution in [0.4, 0.5) is 5.69 Å². The van der Waals surface area contributed by atoms with E-state index in [9.17, 15) is 4.79 Å². The molecule has 0 aliphatic heterocycles. The topological polar surface area (TPSA) is 65.8 Å². The summed E-state index contributed by atoms with van der Waals surface area (Å²) in [7, 11) is 0. The van der Waals surface area contributed by atoms with Gasteiger partial charge in [0.1, 0.15) is 11.1 Å². The van der Waals surface area contributed by atoms with Crippen LogP contribution in [0.2, 0.25) is 5.02 Å². The number of nitrogens with one attached hydrogen (secondary N) is 1. The van der Waals surface area contributed by atoms with Gasteiger partial charge in [-0.05, 0) is 36.8 Å². The molecular formula is C15H12ClN3OS. The lowest BCUT2D eigenvalue weighted by molar-refractivity contribution is -0.113. The molecule has 2 aromatic rings. The fourth-order valence-corrected chi connectivity index (χ4v) is 2.52. The zero-order chi connectivity index (χ0) is 15.2. The van der Waals surface area contributed by atoms with Crippen LogP contribution in [0.3, 0.4) is 0 Å². The first-order valence-corrected chi connectivity index (χ1v) is 7.50. The van der Waals surface area contributed by atoms with E-state index in [1.807, 2.05) is 13.0 Å². The van der Waals surface area contributed by atoms with Crippen molar-refractivity contribution in [3.63, 3.8) is 0 Å². The van der Waals surface area contributed by atoms with E-state index in [-0.39, 0.29) is 11.7 Å². The number of aromatic nitrogens is 1. The number of aryl methyl sites for hydroxylation is 1. The average molecular weight is 318 g/mol. The summed E-state index contributed by atoms with van der Waals surface area (Å²) in [6.45, 7) is 1.90. The number of carbonyl (C=O) groups excluding carboxylic acids is 1. The van der Waals surface area contributed by atoms with Crippen molar-refractivity contribution in [1.82, 2.24) is 4.98 Å². The third kappa shape index (κ3) is 4.22. The van der Waals surface area contributed by atoms with Crippen LogP contribution in [0.25, 0.3) is 0 Å². The van der Waals surface area contributed by atoms with Crippen molar-refractivity contribution in [3.05, 3.63) is 52.7 Å². The molecular weight excluding hydrogens is 306 g/mol.